The SMILES string of the molecule is O=C(NCCCc1ccc(O)cc1)NC1CC2CC1C1CCCC21. The number of hydrogen-bond donors (Lipinski definition) is 3. The molecule has 3 aliphatic rings. The van der Waals surface area contributed by atoms with E-state index in [1.54, 1.807) is 12.1 Å². The van der Waals surface area contributed by atoms with Gasteiger partial charge in [0.2, 0.25) is 0 Å². The number of benzene rings is 1. The van der Waals surface area contributed by atoms with Gasteiger partial charge in [-0.25, -0.2) is 4.79 Å². The molecule has 0 heterocycles. The van der Waals surface area contributed by atoms with Gasteiger partial charge in [0.25, 0.3) is 0 Å². The molecule has 130 valence electrons. The van der Waals surface area contributed by atoms with Crippen molar-refractivity contribution in [3.63, 3.8) is 0 Å². The summed E-state index contributed by atoms with van der Waals surface area (Å²) >= 11 is 0. The summed E-state index contributed by atoms with van der Waals surface area (Å²) in [6.07, 6.45) is 8.60. The minimum absolute atomic E-state index is 0.00723. The van der Waals surface area contributed by atoms with E-state index < -0.39 is 0 Å². The van der Waals surface area contributed by atoms with Gasteiger partial charge in [-0.3, -0.25) is 0 Å². The fourth-order valence-electron chi connectivity index (χ4n) is 5.61. The van der Waals surface area contributed by atoms with Crippen LogP contribution in [0.5, 0.6) is 5.75 Å². The van der Waals surface area contributed by atoms with Crippen molar-refractivity contribution < 1.29 is 9.90 Å². The molecule has 4 rings (SSSR count). The summed E-state index contributed by atoms with van der Waals surface area (Å²) in [5.74, 6) is 3.78. The van der Waals surface area contributed by atoms with Crippen LogP contribution in [0, 0.1) is 23.7 Å². The topological polar surface area (TPSA) is 61.4 Å². The number of phenols is 1. The molecule has 2 bridgehead atoms. The zero-order valence-corrected chi connectivity index (χ0v) is 14.2. The lowest BCUT2D eigenvalue weighted by Gasteiger charge is -2.32. The molecule has 1 aromatic carbocycles. The van der Waals surface area contributed by atoms with Crippen molar-refractivity contribution in [2.75, 3.05) is 6.54 Å². The molecule has 3 saturated carbocycles. The van der Waals surface area contributed by atoms with Crippen LogP contribution in [0.3, 0.4) is 0 Å². The smallest absolute Gasteiger partial charge is 0.315 e. The summed E-state index contributed by atoms with van der Waals surface area (Å²) in [4.78, 5) is 12.2. The standard InChI is InChI=1S/C20H28N2O2/c23-15-8-6-13(7-9-15)3-2-10-21-20(24)22-19-12-14-11-18(19)17-5-1-4-16(14)17/h6-9,14,16-19,23H,1-5,10-12H2,(H2,21,22,24). The van der Waals surface area contributed by atoms with Gasteiger partial charge in [0.05, 0.1) is 0 Å². The fraction of sp³-hybridized carbons (Fsp3) is 0.650. The van der Waals surface area contributed by atoms with Gasteiger partial charge in [-0.1, -0.05) is 18.6 Å². The van der Waals surface area contributed by atoms with Crippen LogP contribution >= 0.6 is 0 Å². The minimum Gasteiger partial charge on any atom is -0.508 e. The quantitative estimate of drug-likeness (QED) is 0.725. The maximum Gasteiger partial charge on any atom is 0.315 e. The third kappa shape index (κ3) is 3.11. The summed E-state index contributed by atoms with van der Waals surface area (Å²) in [6.45, 7) is 0.694. The van der Waals surface area contributed by atoms with Gasteiger partial charge >= 0.3 is 6.03 Å². The lowest BCUT2D eigenvalue weighted by atomic mass is 9.79. The zero-order valence-electron chi connectivity index (χ0n) is 14.2. The van der Waals surface area contributed by atoms with E-state index in [-0.39, 0.29) is 6.03 Å². The largest absolute Gasteiger partial charge is 0.508 e. The molecular weight excluding hydrogens is 300 g/mol. The molecule has 3 N–H and O–H groups in total. The van der Waals surface area contributed by atoms with E-state index >= 15 is 0 Å². The van der Waals surface area contributed by atoms with Crippen LogP contribution in [0.25, 0.3) is 0 Å². The lowest BCUT2D eigenvalue weighted by Crippen LogP contribution is -2.47. The second kappa shape index (κ2) is 6.66. The summed E-state index contributed by atoms with van der Waals surface area (Å²) in [5.41, 5.74) is 1.19. The average Bonchev–Trinajstić information content (AvgIpc) is 3.26. The van der Waals surface area contributed by atoms with Crippen LogP contribution in [0.2, 0.25) is 0 Å². The number of rotatable bonds is 5. The normalized spacial score (nSPS) is 33.4. The number of aromatic hydroxyl groups is 1. The molecule has 4 heteroatoms. The van der Waals surface area contributed by atoms with Gasteiger partial charge in [-0.05, 0) is 79.9 Å². The third-order valence-corrected chi connectivity index (χ3v) is 6.61. The van der Waals surface area contributed by atoms with Crippen LogP contribution in [0.4, 0.5) is 4.79 Å². The Hall–Kier alpha value is -1.71. The van der Waals surface area contributed by atoms with Crippen LogP contribution < -0.4 is 10.6 Å². The molecule has 3 aliphatic carbocycles. The molecule has 0 aromatic heterocycles. The van der Waals surface area contributed by atoms with Crippen molar-refractivity contribution >= 4 is 6.03 Å². The summed E-state index contributed by atoms with van der Waals surface area (Å²) < 4.78 is 0. The van der Waals surface area contributed by atoms with Crippen LogP contribution in [0.15, 0.2) is 24.3 Å². The van der Waals surface area contributed by atoms with Gasteiger partial charge in [0.1, 0.15) is 5.75 Å². The van der Waals surface area contributed by atoms with E-state index in [4.69, 9.17) is 0 Å². The number of carbonyl (C=O) groups excluding carboxylic acids is 1. The van der Waals surface area contributed by atoms with Crippen molar-refractivity contribution in [2.24, 2.45) is 23.7 Å². The first-order chi connectivity index (χ1) is 11.7. The zero-order chi connectivity index (χ0) is 16.5. The van der Waals surface area contributed by atoms with Gasteiger partial charge in [-0.2, -0.15) is 0 Å². The van der Waals surface area contributed by atoms with Crippen LogP contribution in [-0.4, -0.2) is 23.7 Å². The van der Waals surface area contributed by atoms with E-state index in [0.717, 1.165) is 36.5 Å². The number of amides is 2. The van der Waals surface area contributed by atoms with E-state index in [1.165, 1.54) is 37.7 Å². The highest BCUT2D eigenvalue weighted by Gasteiger charge is 2.53. The molecule has 0 radical (unpaired) electrons. The Morgan fingerprint density at radius 1 is 1.08 bits per heavy atom. The molecule has 0 aliphatic heterocycles. The molecule has 1 aromatic rings. The predicted octanol–water partition coefficient (Wildman–Crippen LogP) is 3.45. The Morgan fingerprint density at radius 3 is 2.71 bits per heavy atom. The Labute approximate surface area is 144 Å². The predicted molar refractivity (Wildman–Crippen MR) is 93.8 cm³/mol. The van der Waals surface area contributed by atoms with Crippen LogP contribution in [-0.2, 0) is 6.42 Å². The monoisotopic (exact) mass is 328 g/mol. The molecule has 0 saturated heterocycles. The Kier molecular flexibility index (Phi) is 4.38. The molecule has 2 amide bonds. The highest BCUT2D eigenvalue weighted by Crippen LogP contribution is 2.58. The molecule has 24 heavy (non-hydrogen) atoms. The van der Waals surface area contributed by atoms with Crippen molar-refractivity contribution in [3.05, 3.63) is 29.8 Å². The van der Waals surface area contributed by atoms with Crippen molar-refractivity contribution in [3.8, 4) is 5.75 Å². The van der Waals surface area contributed by atoms with Crippen molar-refractivity contribution in [1.82, 2.24) is 10.6 Å². The van der Waals surface area contributed by atoms with Gasteiger partial charge in [0, 0.05) is 12.6 Å². The maximum atomic E-state index is 12.2. The van der Waals surface area contributed by atoms with Crippen LogP contribution in [0.1, 0.15) is 44.1 Å². The maximum absolute atomic E-state index is 12.2. The molecule has 5 unspecified atom stereocenters. The fourth-order valence-corrected chi connectivity index (χ4v) is 5.61. The lowest BCUT2D eigenvalue weighted by molar-refractivity contribution is 0.198. The third-order valence-electron chi connectivity index (χ3n) is 6.61. The number of carbonyl (C=O) groups is 1. The molecule has 4 nitrogen and oxygen atoms in total. The van der Waals surface area contributed by atoms with E-state index in [1.807, 2.05) is 12.1 Å². The molecular formula is C20H28N2O2. The number of aryl methyl sites for hydroxylation is 1. The average molecular weight is 328 g/mol. The highest BCUT2D eigenvalue weighted by molar-refractivity contribution is 5.74. The second-order valence-electron chi connectivity index (χ2n) is 7.93. The molecule has 0 spiro atoms. The number of fused-ring (bicyclic) bond motifs is 5. The Morgan fingerprint density at radius 2 is 1.88 bits per heavy atom. The second-order valence-corrected chi connectivity index (χ2v) is 7.93. The Bertz CT molecular complexity index is 586. The van der Waals surface area contributed by atoms with Gasteiger partial charge in [-0.15, -0.1) is 0 Å². The Balaban J connectivity index is 1.17. The molecule has 3 fully saturated rings. The summed E-state index contributed by atoms with van der Waals surface area (Å²) in [7, 11) is 0. The van der Waals surface area contributed by atoms with E-state index in [9.17, 15) is 9.90 Å². The number of nitrogens with one attached hydrogen (secondary N) is 2. The summed E-state index contributed by atoms with van der Waals surface area (Å²) in [6, 6.07) is 7.70. The number of phenolic OH excluding ortho intramolecular Hbond substituents is 1. The van der Waals surface area contributed by atoms with Crippen molar-refractivity contribution in [1.29, 1.82) is 0 Å². The number of hydrogen-bond acceptors (Lipinski definition) is 2. The summed E-state index contributed by atoms with van der Waals surface area (Å²) in [5, 5.41) is 15.5. The van der Waals surface area contributed by atoms with Gasteiger partial charge < -0.3 is 15.7 Å². The van der Waals surface area contributed by atoms with Gasteiger partial charge in [0.15, 0.2) is 0 Å². The number of urea groups is 1. The molecule has 5 atom stereocenters. The van der Waals surface area contributed by atoms with Crippen molar-refractivity contribution in [2.45, 2.75) is 51.0 Å². The van der Waals surface area contributed by atoms with E-state index in [0.29, 0.717) is 18.3 Å². The first-order valence-electron chi connectivity index (χ1n) is 9.53. The first-order valence-corrected chi connectivity index (χ1v) is 9.53. The minimum atomic E-state index is 0.00723. The highest BCUT2D eigenvalue weighted by atomic mass is 16.3. The first kappa shape index (κ1) is 15.8. The van der Waals surface area contributed by atoms with E-state index in [2.05, 4.69) is 10.6 Å².